The van der Waals surface area contributed by atoms with Gasteiger partial charge < -0.3 is 5.32 Å². The minimum Gasteiger partial charge on any atom is -0.325 e. The van der Waals surface area contributed by atoms with Gasteiger partial charge in [-0.05, 0) is 42.3 Å². The van der Waals surface area contributed by atoms with Crippen LogP contribution in [0.3, 0.4) is 0 Å². The highest BCUT2D eigenvalue weighted by molar-refractivity contribution is 7.09. The number of nitrogens with zero attached hydrogens (tertiary/aromatic N) is 1. The van der Waals surface area contributed by atoms with Gasteiger partial charge in [-0.3, -0.25) is 4.79 Å². The van der Waals surface area contributed by atoms with Crippen molar-refractivity contribution < 1.29 is 4.79 Å². The van der Waals surface area contributed by atoms with Crippen LogP contribution in [0.1, 0.15) is 21.8 Å². The fourth-order valence-corrected chi connectivity index (χ4v) is 3.82. The Hall–Kier alpha value is -2.20. The van der Waals surface area contributed by atoms with Gasteiger partial charge in [-0.2, -0.15) is 0 Å². The third kappa shape index (κ3) is 2.29. The quantitative estimate of drug-likeness (QED) is 0.797. The van der Waals surface area contributed by atoms with Crippen LogP contribution in [-0.2, 0) is 24.1 Å². The lowest BCUT2D eigenvalue weighted by Crippen LogP contribution is -2.15. The average molecular weight is 308 g/mol. The topological polar surface area (TPSA) is 42.0 Å². The third-order valence-electron chi connectivity index (χ3n) is 4.16. The second-order valence-electron chi connectivity index (χ2n) is 5.69. The molecule has 1 N–H and O–H groups in total. The molecule has 4 heteroatoms. The minimum atomic E-state index is -0.0102. The normalized spacial score (nSPS) is 12.8. The first-order chi connectivity index (χ1) is 10.7. The maximum Gasteiger partial charge on any atom is 0.230 e. The molecule has 0 aliphatic heterocycles. The summed E-state index contributed by atoms with van der Waals surface area (Å²) in [6.07, 6.45) is 2.53. The van der Waals surface area contributed by atoms with E-state index in [2.05, 4.69) is 34.6 Å². The summed E-state index contributed by atoms with van der Waals surface area (Å²) in [7, 11) is 0. The van der Waals surface area contributed by atoms with Crippen LogP contribution in [0.5, 0.6) is 0 Å². The largest absolute Gasteiger partial charge is 0.325 e. The maximum absolute atomic E-state index is 12.3. The molecule has 0 saturated heterocycles. The molecule has 0 radical (unpaired) electrons. The van der Waals surface area contributed by atoms with Crippen LogP contribution in [0.25, 0.3) is 10.8 Å². The molecule has 1 amide bonds. The predicted octanol–water partition coefficient (Wildman–Crippen LogP) is 3.88. The Labute approximate surface area is 133 Å². The van der Waals surface area contributed by atoms with E-state index < -0.39 is 0 Å². The van der Waals surface area contributed by atoms with E-state index in [0.717, 1.165) is 34.6 Å². The SMILES string of the molecule is Cc1nc(CC(=O)Nc2ccc3c4c(cccc24)CC3)cs1. The zero-order valence-corrected chi connectivity index (χ0v) is 13.2. The molecule has 2 aromatic carbocycles. The summed E-state index contributed by atoms with van der Waals surface area (Å²) >= 11 is 1.58. The van der Waals surface area contributed by atoms with E-state index in [1.165, 1.54) is 16.5 Å². The van der Waals surface area contributed by atoms with Gasteiger partial charge in [0.05, 0.1) is 17.1 Å². The van der Waals surface area contributed by atoms with Gasteiger partial charge in [0.2, 0.25) is 5.91 Å². The van der Waals surface area contributed by atoms with Crippen molar-refractivity contribution in [2.75, 3.05) is 5.32 Å². The fraction of sp³-hybridized carbons (Fsp3) is 0.222. The number of hydrogen-bond acceptors (Lipinski definition) is 3. The van der Waals surface area contributed by atoms with Crippen molar-refractivity contribution in [3.05, 3.63) is 57.5 Å². The van der Waals surface area contributed by atoms with Crippen molar-refractivity contribution in [2.24, 2.45) is 0 Å². The molecule has 1 aliphatic carbocycles. The summed E-state index contributed by atoms with van der Waals surface area (Å²) in [5.74, 6) is -0.0102. The standard InChI is InChI=1S/C18H16N2OS/c1-11-19-14(10-22-11)9-17(21)20-16-8-7-13-6-5-12-3-2-4-15(16)18(12)13/h2-4,7-8,10H,5-6,9H2,1H3,(H,20,21). The summed E-state index contributed by atoms with van der Waals surface area (Å²) in [6, 6.07) is 10.5. The molecule has 1 heterocycles. The molecule has 4 rings (SSSR count). The molecule has 0 atom stereocenters. The van der Waals surface area contributed by atoms with Gasteiger partial charge >= 0.3 is 0 Å². The molecule has 1 aliphatic rings. The van der Waals surface area contributed by atoms with Crippen molar-refractivity contribution in [3.8, 4) is 0 Å². The number of carbonyl (C=O) groups excluding carboxylic acids is 1. The third-order valence-corrected chi connectivity index (χ3v) is 4.98. The molecule has 3 aromatic rings. The van der Waals surface area contributed by atoms with Gasteiger partial charge in [-0.15, -0.1) is 11.3 Å². The zero-order valence-electron chi connectivity index (χ0n) is 12.3. The Morgan fingerprint density at radius 2 is 2.05 bits per heavy atom. The zero-order chi connectivity index (χ0) is 15.1. The minimum absolute atomic E-state index is 0.0102. The summed E-state index contributed by atoms with van der Waals surface area (Å²) < 4.78 is 0. The Bertz CT molecular complexity index is 872. The lowest BCUT2D eigenvalue weighted by molar-refractivity contribution is -0.115. The van der Waals surface area contributed by atoms with Crippen molar-refractivity contribution in [3.63, 3.8) is 0 Å². The van der Waals surface area contributed by atoms with Crippen LogP contribution in [0.2, 0.25) is 0 Å². The van der Waals surface area contributed by atoms with Crippen LogP contribution in [-0.4, -0.2) is 10.9 Å². The number of benzene rings is 2. The van der Waals surface area contributed by atoms with Crippen molar-refractivity contribution in [1.29, 1.82) is 0 Å². The molecule has 0 bridgehead atoms. The first-order valence-corrected chi connectivity index (χ1v) is 8.33. The first-order valence-electron chi connectivity index (χ1n) is 7.45. The van der Waals surface area contributed by atoms with E-state index in [1.54, 1.807) is 11.3 Å². The molecular weight excluding hydrogens is 292 g/mol. The molecule has 0 unspecified atom stereocenters. The number of amides is 1. The second-order valence-corrected chi connectivity index (χ2v) is 6.76. The summed E-state index contributed by atoms with van der Waals surface area (Å²) in [5, 5.41) is 8.46. The van der Waals surface area contributed by atoms with E-state index in [1.807, 2.05) is 18.4 Å². The van der Waals surface area contributed by atoms with Crippen LogP contribution in [0.15, 0.2) is 35.7 Å². The number of aromatic nitrogens is 1. The number of rotatable bonds is 3. The number of nitrogens with one attached hydrogen (secondary N) is 1. The highest BCUT2D eigenvalue weighted by atomic mass is 32.1. The molecule has 1 aromatic heterocycles. The summed E-state index contributed by atoms with van der Waals surface area (Å²) in [5.41, 5.74) is 4.52. The first kappa shape index (κ1) is 13.5. The van der Waals surface area contributed by atoms with Crippen LogP contribution < -0.4 is 5.32 Å². The smallest absolute Gasteiger partial charge is 0.230 e. The molecule has 110 valence electrons. The second kappa shape index (κ2) is 5.21. The Kier molecular flexibility index (Phi) is 3.19. The predicted molar refractivity (Wildman–Crippen MR) is 90.5 cm³/mol. The average Bonchev–Trinajstić information content (AvgIpc) is 3.10. The van der Waals surface area contributed by atoms with Gasteiger partial charge in [-0.1, -0.05) is 24.3 Å². The molecule has 0 saturated carbocycles. The van der Waals surface area contributed by atoms with Gasteiger partial charge in [0.15, 0.2) is 0 Å². The Balaban J connectivity index is 1.63. The monoisotopic (exact) mass is 308 g/mol. The van der Waals surface area contributed by atoms with Crippen molar-refractivity contribution in [2.45, 2.75) is 26.2 Å². The molecule has 0 spiro atoms. The van der Waals surface area contributed by atoms with Crippen molar-refractivity contribution >= 4 is 33.7 Å². The van der Waals surface area contributed by atoms with Crippen LogP contribution >= 0.6 is 11.3 Å². The van der Waals surface area contributed by atoms with Crippen LogP contribution in [0.4, 0.5) is 5.69 Å². The molecular formula is C18H16N2OS. The molecule has 22 heavy (non-hydrogen) atoms. The summed E-state index contributed by atoms with van der Waals surface area (Å²) in [4.78, 5) is 16.6. The highest BCUT2D eigenvalue weighted by Crippen LogP contribution is 2.35. The number of anilines is 1. The van der Waals surface area contributed by atoms with E-state index in [-0.39, 0.29) is 5.91 Å². The number of carbonyl (C=O) groups is 1. The van der Waals surface area contributed by atoms with Crippen molar-refractivity contribution in [1.82, 2.24) is 4.98 Å². The lowest BCUT2D eigenvalue weighted by Gasteiger charge is -2.10. The van der Waals surface area contributed by atoms with E-state index >= 15 is 0 Å². The Morgan fingerprint density at radius 1 is 1.23 bits per heavy atom. The van der Waals surface area contributed by atoms with Gasteiger partial charge in [0.1, 0.15) is 0 Å². The maximum atomic E-state index is 12.3. The highest BCUT2D eigenvalue weighted by Gasteiger charge is 2.16. The number of hydrogen-bond donors (Lipinski definition) is 1. The molecule has 0 fully saturated rings. The molecule has 3 nitrogen and oxygen atoms in total. The number of aryl methyl sites for hydroxylation is 3. The van der Waals surface area contributed by atoms with Gasteiger partial charge in [0.25, 0.3) is 0 Å². The van der Waals surface area contributed by atoms with E-state index in [9.17, 15) is 4.79 Å². The van der Waals surface area contributed by atoms with Crippen LogP contribution in [0, 0.1) is 6.92 Å². The summed E-state index contributed by atoms with van der Waals surface area (Å²) in [6.45, 7) is 1.95. The number of thiazole rings is 1. The van der Waals surface area contributed by atoms with E-state index in [0.29, 0.717) is 6.42 Å². The lowest BCUT2D eigenvalue weighted by atomic mass is 10.0. The Morgan fingerprint density at radius 3 is 2.82 bits per heavy atom. The fourth-order valence-electron chi connectivity index (χ4n) is 3.20. The van der Waals surface area contributed by atoms with E-state index in [4.69, 9.17) is 0 Å². The van der Waals surface area contributed by atoms with Gasteiger partial charge in [0, 0.05) is 16.5 Å². The van der Waals surface area contributed by atoms with Gasteiger partial charge in [-0.25, -0.2) is 4.98 Å².